The van der Waals surface area contributed by atoms with E-state index in [9.17, 15) is 5.11 Å². The molecule has 0 spiro atoms. The molecule has 0 saturated carbocycles. The fourth-order valence-corrected chi connectivity index (χ4v) is 8.70. The predicted octanol–water partition coefficient (Wildman–Crippen LogP) is 8.58. The lowest BCUT2D eigenvalue weighted by Gasteiger charge is -2.44. The van der Waals surface area contributed by atoms with Gasteiger partial charge in [0.1, 0.15) is 12.5 Å². The van der Waals surface area contributed by atoms with E-state index in [0.717, 1.165) is 0 Å². The lowest BCUT2D eigenvalue weighted by atomic mass is 9.66. The van der Waals surface area contributed by atoms with Crippen molar-refractivity contribution in [1.82, 2.24) is 4.90 Å². The van der Waals surface area contributed by atoms with Crippen molar-refractivity contribution >= 4 is 0 Å². The van der Waals surface area contributed by atoms with Gasteiger partial charge in [0.15, 0.2) is 0 Å². The number of ether oxygens (including phenoxy) is 2. The van der Waals surface area contributed by atoms with E-state index >= 15 is 0 Å². The van der Waals surface area contributed by atoms with Crippen molar-refractivity contribution in [2.45, 2.75) is 41.7 Å². The molecule has 2 atom stereocenters. The molecule has 250 valence electrons. The topological polar surface area (TPSA) is 41.9 Å². The van der Waals surface area contributed by atoms with Gasteiger partial charge in [-0.2, -0.15) is 0 Å². The molecule has 2 aliphatic rings. The van der Waals surface area contributed by atoms with Crippen LogP contribution in [0.4, 0.5) is 0 Å². The van der Waals surface area contributed by atoms with Crippen molar-refractivity contribution in [2.24, 2.45) is 0 Å². The molecule has 2 saturated heterocycles. The van der Waals surface area contributed by atoms with E-state index in [4.69, 9.17) is 9.47 Å². The van der Waals surface area contributed by atoms with E-state index in [1.54, 1.807) is 0 Å². The molecule has 0 unspecified atom stereocenters. The fourth-order valence-electron chi connectivity index (χ4n) is 8.70. The van der Waals surface area contributed by atoms with E-state index < -0.39 is 16.4 Å². The highest BCUT2D eigenvalue weighted by molar-refractivity contribution is 5.52. The zero-order chi connectivity index (χ0) is 33.9. The summed E-state index contributed by atoms with van der Waals surface area (Å²) in [5.74, 6) is 0. The van der Waals surface area contributed by atoms with Gasteiger partial charge in [-0.1, -0.05) is 182 Å². The van der Waals surface area contributed by atoms with Crippen molar-refractivity contribution in [1.29, 1.82) is 0 Å². The summed E-state index contributed by atoms with van der Waals surface area (Å²) in [5.41, 5.74) is 5.50. The quantitative estimate of drug-likeness (QED) is 0.142. The zero-order valence-electron chi connectivity index (χ0n) is 28.2. The second kappa shape index (κ2) is 13.8. The fraction of sp³-hybridized carbons (Fsp3) is 0.217. The van der Waals surface area contributed by atoms with Crippen LogP contribution >= 0.6 is 0 Å². The van der Waals surface area contributed by atoms with Gasteiger partial charge in [-0.15, -0.1) is 0 Å². The van der Waals surface area contributed by atoms with Crippen LogP contribution < -0.4 is 0 Å². The Morgan fingerprint density at radius 2 is 0.680 bits per heavy atom. The Balaban J connectivity index is 1.28. The minimum Gasteiger partial charge on any atom is -0.394 e. The number of aliphatic hydroxyl groups is 1. The van der Waals surface area contributed by atoms with Gasteiger partial charge in [-0.3, -0.25) is 0 Å². The van der Waals surface area contributed by atoms with Crippen molar-refractivity contribution < 1.29 is 14.6 Å². The van der Waals surface area contributed by atoms with Gasteiger partial charge < -0.3 is 14.6 Å². The smallest absolute Gasteiger partial charge is 0.114 e. The minimum absolute atomic E-state index is 0.0516. The first kappa shape index (κ1) is 32.4. The highest BCUT2D eigenvalue weighted by Crippen LogP contribution is 2.51. The molecule has 0 bridgehead atoms. The maximum absolute atomic E-state index is 11.2. The average Bonchev–Trinajstić information content (AvgIpc) is 3.75. The van der Waals surface area contributed by atoms with Crippen LogP contribution in [0.25, 0.3) is 0 Å². The summed E-state index contributed by atoms with van der Waals surface area (Å²) >= 11 is 0. The number of rotatable bonds is 11. The Hall–Kier alpha value is -4.84. The summed E-state index contributed by atoms with van der Waals surface area (Å²) in [5, 5.41) is 11.2. The third kappa shape index (κ3) is 5.49. The van der Waals surface area contributed by atoms with Crippen LogP contribution in [0.2, 0.25) is 0 Å². The Labute approximate surface area is 295 Å². The SMILES string of the molecule is OCC12CO[C@H](CC(c3ccccc3)(c3ccccc3)c3ccccc3)N1[C@@H](CC(c1ccccc1)(c1ccccc1)c1ccccc1)OC2. The van der Waals surface area contributed by atoms with Gasteiger partial charge in [0.25, 0.3) is 0 Å². The zero-order valence-corrected chi connectivity index (χ0v) is 28.2. The number of hydrogen-bond acceptors (Lipinski definition) is 4. The molecule has 1 N–H and O–H groups in total. The van der Waals surface area contributed by atoms with E-state index in [1.165, 1.54) is 33.4 Å². The molecule has 6 aromatic carbocycles. The minimum atomic E-state index is -0.652. The van der Waals surface area contributed by atoms with E-state index in [0.29, 0.717) is 26.1 Å². The molecule has 2 heterocycles. The third-order valence-corrected chi connectivity index (χ3v) is 11.1. The van der Waals surface area contributed by atoms with E-state index in [2.05, 4.69) is 187 Å². The van der Waals surface area contributed by atoms with Gasteiger partial charge in [0, 0.05) is 23.7 Å². The monoisotopic (exact) mass is 657 g/mol. The predicted molar refractivity (Wildman–Crippen MR) is 199 cm³/mol. The van der Waals surface area contributed by atoms with E-state index in [1.807, 2.05) is 0 Å². The van der Waals surface area contributed by atoms with E-state index in [-0.39, 0.29) is 19.1 Å². The summed E-state index contributed by atoms with van der Waals surface area (Å²) in [7, 11) is 0. The van der Waals surface area contributed by atoms with Gasteiger partial charge >= 0.3 is 0 Å². The summed E-state index contributed by atoms with van der Waals surface area (Å²) in [6.07, 6.45) is 0.606. The maximum atomic E-state index is 11.2. The van der Waals surface area contributed by atoms with Crippen molar-refractivity contribution in [2.75, 3.05) is 19.8 Å². The standard InChI is InChI=1S/C46H43NO3/c48-33-44-34-49-42(31-45(36-19-7-1-8-20-36,37-21-9-2-10-22-37)38-23-11-3-12-24-38)47(44)43(50-35-44)32-46(39-25-13-4-14-26-39,40-27-15-5-16-28-40)41-29-17-6-18-30-41/h1-30,42-43,48H,31-35H2/t42-,43-/m1/s1. The number of aliphatic hydroxyl groups excluding tert-OH is 1. The highest BCUT2D eigenvalue weighted by atomic mass is 16.6. The number of fused-ring (bicyclic) bond motifs is 1. The number of benzene rings is 6. The Bertz CT molecular complexity index is 1620. The van der Waals surface area contributed by atoms with Gasteiger partial charge in [-0.25, -0.2) is 4.90 Å². The molecule has 0 aromatic heterocycles. The van der Waals surface area contributed by atoms with Gasteiger partial charge in [-0.05, 0) is 33.4 Å². The summed E-state index contributed by atoms with van der Waals surface area (Å²) in [6.45, 7) is 0.742. The van der Waals surface area contributed by atoms with Gasteiger partial charge in [0.2, 0.25) is 0 Å². The van der Waals surface area contributed by atoms with Crippen molar-refractivity contribution in [3.63, 3.8) is 0 Å². The second-order valence-corrected chi connectivity index (χ2v) is 13.7. The largest absolute Gasteiger partial charge is 0.394 e. The lowest BCUT2D eigenvalue weighted by Crippen LogP contribution is -2.54. The first-order valence-electron chi connectivity index (χ1n) is 17.7. The molecule has 2 fully saturated rings. The summed E-state index contributed by atoms with van der Waals surface area (Å²) in [4.78, 5) is 2.39. The molecule has 4 heteroatoms. The molecule has 0 amide bonds. The Morgan fingerprint density at radius 3 is 0.900 bits per heavy atom. The normalized spacial score (nSPS) is 18.9. The van der Waals surface area contributed by atoms with Crippen LogP contribution in [-0.4, -0.2) is 47.8 Å². The summed E-state index contributed by atoms with van der Waals surface area (Å²) in [6, 6.07) is 64.8. The van der Waals surface area contributed by atoms with Crippen LogP contribution in [0.1, 0.15) is 46.2 Å². The molecule has 2 aliphatic heterocycles. The van der Waals surface area contributed by atoms with Crippen molar-refractivity contribution in [3.05, 3.63) is 215 Å². The lowest BCUT2D eigenvalue weighted by molar-refractivity contribution is -0.0743. The molecular formula is C46H43NO3. The number of hydrogen-bond donors (Lipinski definition) is 1. The first-order chi connectivity index (χ1) is 24.7. The van der Waals surface area contributed by atoms with Crippen LogP contribution in [0.3, 0.4) is 0 Å². The van der Waals surface area contributed by atoms with Crippen LogP contribution in [0.5, 0.6) is 0 Å². The van der Waals surface area contributed by atoms with Crippen molar-refractivity contribution in [3.8, 4) is 0 Å². The number of nitrogens with zero attached hydrogens (tertiary/aromatic N) is 1. The highest BCUT2D eigenvalue weighted by Gasteiger charge is 2.59. The molecule has 6 aromatic rings. The average molecular weight is 658 g/mol. The van der Waals surface area contributed by atoms with Crippen LogP contribution in [0.15, 0.2) is 182 Å². The molecular weight excluding hydrogens is 615 g/mol. The molecule has 8 rings (SSSR count). The molecule has 0 aliphatic carbocycles. The second-order valence-electron chi connectivity index (χ2n) is 13.7. The maximum Gasteiger partial charge on any atom is 0.114 e. The third-order valence-electron chi connectivity index (χ3n) is 11.1. The van der Waals surface area contributed by atoms with Crippen LogP contribution in [0, 0.1) is 0 Å². The Morgan fingerprint density at radius 1 is 0.440 bits per heavy atom. The first-order valence-corrected chi connectivity index (χ1v) is 17.7. The Kier molecular flexibility index (Phi) is 8.94. The molecule has 50 heavy (non-hydrogen) atoms. The molecule has 0 radical (unpaired) electrons. The van der Waals surface area contributed by atoms with Crippen LogP contribution in [-0.2, 0) is 20.3 Å². The van der Waals surface area contributed by atoms with Gasteiger partial charge in [0.05, 0.1) is 25.4 Å². The molecule has 4 nitrogen and oxygen atoms in total. The summed E-state index contributed by atoms with van der Waals surface area (Å²) < 4.78 is 13.8.